The largest absolute Gasteiger partial charge is 0.463 e. The van der Waals surface area contributed by atoms with Crippen LogP contribution in [0.1, 0.15) is 31.7 Å². The Hall–Kier alpha value is -2.15. The van der Waals surface area contributed by atoms with Gasteiger partial charge in [-0.1, -0.05) is 6.07 Å². The highest BCUT2D eigenvalue weighted by molar-refractivity contribution is 7.10. The van der Waals surface area contributed by atoms with Crippen LogP contribution >= 0.6 is 11.3 Å². The molecule has 0 bridgehead atoms. The number of hydrogen-bond donors (Lipinski definition) is 1. The van der Waals surface area contributed by atoms with Gasteiger partial charge in [0.15, 0.2) is 0 Å². The number of esters is 1. The fourth-order valence-electron chi connectivity index (χ4n) is 2.25. The summed E-state index contributed by atoms with van der Waals surface area (Å²) in [6, 6.07) is 2.32. The summed E-state index contributed by atoms with van der Waals surface area (Å²) < 4.78 is 5.06. The van der Waals surface area contributed by atoms with E-state index in [1.807, 2.05) is 11.4 Å². The normalized spacial score (nSPS) is 18.5. The molecule has 7 heteroatoms. The zero-order valence-electron chi connectivity index (χ0n) is 12.0. The van der Waals surface area contributed by atoms with Crippen LogP contribution in [0.15, 0.2) is 28.8 Å². The summed E-state index contributed by atoms with van der Waals surface area (Å²) in [5, 5.41) is 4.37. The molecule has 112 valence electrons. The average molecular weight is 308 g/mol. The summed E-state index contributed by atoms with van der Waals surface area (Å²) in [7, 11) is 0. The summed E-state index contributed by atoms with van der Waals surface area (Å²) in [6.07, 6.45) is 0. The van der Waals surface area contributed by atoms with Crippen LogP contribution in [0.3, 0.4) is 0 Å². The molecular weight excluding hydrogens is 292 g/mol. The summed E-state index contributed by atoms with van der Waals surface area (Å²) in [4.78, 5) is 37.9. The molecule has 0 saturated carbocycles. The van der Waals surface area contributed by atoms with Gasteiger partial charge in [-0.25, -0.2) is 9.59 Å². The second-order valence-corrected chi connectivity index (χ2v) is 5.48. The average Bonchev–Trinajstić information content (AvgIpc) is 2.90. The third kappa shape index (κ3) is 2.82. The van der Waals surface area contributed by atoms with Crippen molar-refractivity contribution in [2.75, 3.05) is 6.61 Å². The van der Waals surface area contributed by atoms with Gasteiger partial charge in [-0.3, -0.25) is 9.69 Å². The van der Waals surface area contributed by atoms with E-state index in [9.17, 15) is 14.4 Å². The predicted molar refractivity (Wildman–Crippen MR) is 77.4 cm³/mol. The molecule has 1 aromatic rings. The van der Waals surface area contributed by atoms with E-state index in [4.69, 9.17) is 4.74 Å². The van der Waals surface area contributed by atoms with Crippen LogP contribution in [0, 0.1) is 0 Å². The Labute approximate surface area is 126 Å². The summed E-state index contributed by atoms with van der Waals surface area (Å²) in [5.41, 5.74) is 0.698. The lowest BCUT2D eigenvalue weighted by Crippen LogP contribution is -2.50. The molecular formula is C14H16N2O4S. The number of thiophene rings is 1. The Kier molecular flexibility index (Phi) is 4.42. The molecule has 1 aromatic heterocycles. The van der Waals surface area contributed by atoms with E-state index in [0.717, 1.165) is 9.78 Å². The summed E-state index contributed by atoms with van der Waals surface area (Å²) in [6.45, 7) is 4.85. The molecule has 1 atom stereocenters. The van der Waals surface area contributed by atoms with Crippen LogP contribution in [0.5, 0.6) is 0 Å². The molecule has 1 aliphatic rings. The third-order valence-corrected chi connectivity index (χ3v) is 4.02. The van der Waals surface area contributed by atoms with Crippen molar-refractivity contribution in [1.82, 2.24) is 10.2 Å². The number of amides is 3. The Morgan fingerprint density at radius 3 is 2.71 bits per heavy atom. The molecule has 6 nitrogen and oxygen atoms in total. The lowest BCUT2D eigenvalue weighted by atomic mass is 9.99. The molecule has 1 N–H and O–H groups in total. The van der Waals surface area contributed by atoms with Crippen LogP contribution in [-0.2, 0) is 14.3 Å². The first kappa shape index (κ1) is 15.2. The Morgan fingerprint density at radius 1 is 1.48 bits per heavy atom. The van der Waals surface area contributed by atoms with Crippen molar-refractivity contribution in [3.05, 3.63) is 33.7 Å². The minimum Gasteiger partial charge on any atom is -0.463 e. The Morgan fingerprint density at radius 2 is 2.19 bits per heavy atom. The van der Waals surface area contributed by atoms with Crippen molar-refractivity contribution in [2.24, 2.45) is 0 Å². The van der Waals surface area contributed by atoms with Gasteiger partial charge in [0.25, 0.3) is 0 Å². The molecule has 0 saturated heterocycles. The van der Waals surface area contributed by atoms with Gasteiger partial charge in [0.2, 0.25) is 5.91 Å². The minimum atomic E-state index is -0.740. The van der Waals surface area contributed by atoms with Crippen LogP contribution in [0.4, 0.5) is 4.79 Å². The molecule has 3 amide bonds. The molecule has 1 aliphatic heterocycles. The molecule has 21 heavy (non-hydrogen) atoms. The van der Waals surface area contributed by atoms with Crippen molar-refractivity contribution in [1.29, 1.82) is 0 Å². The SMILES string of the molecule is CCOC(=O)C1=C(C)NC(=O)N(C(C)=O)[C@H]1c1cccs1. The van der Waals surface area contributed by atoms with E-state index in [0.29, 0.717) is 5.70 Å². The molecule has 0 radical (unpaired) electrons. The number of ether oxygens (including phenoxy) is 1. The maximum Gasteiger partial charge on any atom is 0.338 e. The van der Waals surface area contributed by atoms with Crippen molar-refractivity contribution >= 4 is 29.2 Å². The van der Waals surface area contributed by atoms with Crippen LogP contribution in [0.2, 0.25) is 0 Å². The first-order valence-corrected chi connectivity index (χ1v) is 7.37. The third-order valence-electron chi connectivity index (χ3n) is 3.10. The monoisotopic (exact) mass is 308 g/mol. The first-order valence-electron chi connectivity index (χ1n) is 6.49. The highest BCUT2D eigenvalue weighted by atomic mass is 32.1. The van der Waals surface area contributed by atoms with Gasteiger partial charge in [0, 0.05) is 17.5 Å². The van der Waals surface area contributed by atoms with Crippen LogP contribution < -0.4 is 5.32 Å². The molecule has 0 aromatic carbocycles. The van der Waals surface area contributed by atoms with Gasteiger partial charge in [-0.15, -0.1) is 11.3 Å². The number of nitrogens with one attached hydrogen (secondary N) is 1. The molecule has 0 fully saturated rings. The van der Waals surface area contributed by atoms with Crippen molar-refractivity contribution in [3.8, 4) is 0 Å². The quantitative estimate of drug-likeness (QED) is 0.869. The molecule has 2 rings (SSSR count). The highest BCUT2D eigenvalue weighted by Gasteiger charge is 2.41. The maximum atomic E-state index is 12.2. The smallest absolute Gasteiger partial charge is 0.338 e. The van der Waals surface area contributed by atoms with E-state index in [1.165, 1.54) is 18.3 Å². The van der Waals surface area contributed by atoms with Crippen LogP contribution in [0.25, 0.3) is 0 Å². The number of urea groups is 1. The van der Waals surface area contributed by atoms with Gasteiger partial charge in [0.05, 0.1) is 12.2 Å². The lowest BCUT2D eigenvalue weighted by Gasteiger charge is -2.34. The summed E-state index contributed by atoms with van der Waals surface area (Å²) >= 11 is 1.38. The number of carbonyl (C=O) groups excluding carboxylic acids is 3. The number of imide groups is 1. The second-order valence-electron chi connectivity index (χ2n) is 4.50. The number of carbonyl (C=O) groups is 3. The highest BCUT2D eigenvalue weighted by Crippen LogP contribution is 2.36. The van der Waals surface area contributed by atoms with Crippen LogP contribution in [-0.4, -0.2) is 29.4 Å². The molecule has 2 heterocycles. The van der Waals surface area contributed by atoms with E-state index >= 15 is 0 Å². The van der Waals surface area contributed by atoms with E-state index in [2.05, 4.69) is 5.32 Å². The van der Waals surface area contributed by atoms with E-state index < -0.39 is 23.9 Å². The molecule has 0 unspecified atom stereocenters. The zero-order valence-corrected chi connectivity index (χ0v) is 12.8. The minimum absolute atomic E-state index is 0.223. The fraction of sp³-hybridized carbons (Fsp3) is 0.357. The molecule has 0 spiro atoms. The Balaban J connectivity index is 2.56. The number of nitrogens with zero attached hydrogens (tertiary/aromatic N) is 1. The lowest BCUT2D eigenvalue weighted by molar-refractivity contribution is -0.139. The zero-order chi connectivity index (χ0) is 15.6. The number of rotatable bonds is 3. The maximum absolute atomic E-state index is 12.2. The van der Waals surface area contributed by atoms with Gasteiger partial charge in [-0.2, -0.15) is 0 Å². The topological polar surface area (TPSA) is 75.7 Å². The van der Waals surface area contributed by atoms with Crippen molar-refractivity contribution in [2.45, 2.75) is 26.8 Å². The van der Waals surface area contributed by atoms with Crippen molar-refractivity contribution < 1.29 is 19.1 Å². The van der Waals surface area contributed by atoms with E-state index in [-0.39, 0.29) is 12.2 Å². The van der Waals surface area contributed by atoms with Gasteiger partial charge >= 0.3 is 12.0 Å². The van der Waals surface area contributed by atoms with Crippen molar-refractivity contribution in [3.63, 3.8) is 0 Å². The first-order chi connectivity index (χ1) is 9.97. The van der Waals surface area contributed by atoms with Gasteiger partial charge in [0.1, 0.15) is 6.04 Å². The number of hydrogen-bond acceptors (Lipinski definition) is 5. The standard InChI is InChI=1S/C14H16N2O4S/c1-4-20-13(18)11-8(2)15-14(19)16(9(3)17)12(11)10-6-5-7-21-10/h5-7,12H,4H2,1-3H3,(H,15,19)/t12-/m0/s1. The summed E-state index contributed by atoms with van der Waals surface area (Å²) in [5.74, 6) is -0.958. The molecule has 0 aliphatic carbocycles. The fourth-order valence-corrected chi connectivity index (χ4v) is 3.08. The van der Waals surface area contributed by atoms with Gasteiger partial charge < -0.3 is 10.1 Å². The Bertz CT molecular complexity index is 607. The second kappa shape index (κ2) is 6.09. The van der Waals surface area contributed by atoms with Gasteiger partial charge in [-0.05, 0) is 25.3 Å². The predicted octanol–water partition coefficient (Wildman–Crippen LogP) is 2.20. The van der Waals surface area contributed by atoms with E-state index in [1.54, 1.807) is 19.9 Å². The number of allylic oxidation sites excluding steroid dienone is 1.